The molecule has 0 unspecified atom stereocenters. The second kappa shape index (κ2) is 11.5. The average Bonchev–Trinajstić information content (AvgIpc) is 3.20. The lowest BCUT2D eigenvalue weighted by molar-refractivity contribution is -0.127. The Morgan fingerprint density at radius 3 is 2.69 bits per heavy atom. The van der Waals surface area contributed by atoms with Crippen molar-refractivity contribution in [3.8, 4) is 16.3 Å². The molecule has 2 atom stereocenters. The first-order chi connectivity index (χ1) is 14.0. The Labute approximate surface area is 176 Å². The van der Waals surface area contributed by atoms with E-state index in [0.717, 1.165) is 37.0 Å². The maximum atomic E-state index is 12.8. The van der Waals surface area contributed by atoms with Crippen molar-refractivity contribution in [1.82, 2.24) is 15.5 Å². The van der Waals surface area contributed by atoms with Gasteiger partial charge < -0.3 is 10.1 Å². The van der Waals surface area contributed by atoms with Gasteiger partial charge >= 0.3 is 0 Å². The van der Waals surface area contributed by atoms with Gasteiger partial charge in [0, 0.05) is 12.0 Å². The second-order valence-corrected chi connectivity index (χ2v) is 8.00. The maximum Gasteiger partial charge on any atom is 0.249 e. The highest BCUT2D eigenvalue weighted by atomic mass is 32.1. The van der Waals surface area contributed by atoms with E-state index in [1.54, 1.807) is 7.11 Å². The van der Waals surface area contributed by atoms with E-state index in [0.29, 0.717) is 16.6 Å². The zero-order valence-corrected chi connectivity index (χ0v) is 18.3. The lowest BCUT2D eigenvalue weighted by atomic mass is 9.98. The first kappa shape index (κ1) is 22.8. The molecule has 2 N–H and O–H groups in total. The van der Waals surface area contributed by atoms with Gasteiger partial charge in [-0.1, -0.05) is 63.5 Å². The van der Waals surface area contributed by atoms with Crippen molar-refractivity contribution in [2.24, 2.45) is 5.92 Å². The van der Waals surface area contributed by atoms with Crippen LogP contribution in [0.4, 0.5) is 5.13 Å². The largest absolute Gasteiger partial charge is 0.497 e. The van der Waals surface area contributed by atoms with Gasteiger partial charge in [0.15, 0.2) is 0 Å². The molecule has 2 amide bonds. The van der Waals surface area contributed by atoms with E-state index in [2.05, 4.69) is 27.8 Å². The minimum atomic E-state index is -0.599. The third kappa shape index (κ3) is 6.81. The number of benzene rings is 1. The number of nitrogens with zero attached hydrogens (tertiary/aromatic N) is 2. The van der Waals surface area contributed by atoms with E-state index in [1.165, 1.54) is 11.3 Å². The van der Waals surface area contributed by atoms with Crippen LogP contribution in [0.3, 0.4) is 0 Å². The number of aromatic nitrogens is 2. The number of hydrogen-bond acceptors (Lipinski definition) is 6. The Hall–Kier alpha value is -2.48. The molecular weight excluding hydrogens is 388 g/mol. The first-order valence-electron chi connectivity index (χ1n) is 10.1. The van der Waals surface area contributed by atoms with Gasteiger partial charge in [-0.25, -0.2) is 0 Å². The molecule has 0 aliphatic heterocycles. The van der Waals surface area contributed by atoms with Gasteiger partial charge in [-0.2, -0.15) is 0 Å². The normalized spacial score (nSPS) is 12.8. The highest BCUT2D eigenvalue weighted by Gasteiger charge is 2.26. The van der Waals surface area contributed by atoms with Gasteiger partial charge in [0.05, 0.1) is 7.11 Å². The van der Waals surface area contributed by atoms with Gasteiger partial charge in [0.1, 0.15) is 16.8 Å². The van der Waals surface area contributed by atoms with Crippen LogP contribution in [0.15, 0.2) is 24.3 Å². The van der Waals surface area contributed by atoms with E-state index in [4.69, 9.17) is 4.74 Å². The molecule has 0 saturated heterocycles. The molecule has 0 radical (unpaired) electrons. The van der Waals surface area contributed by atoms with Crippen LogP contribution in [0.25, 0.3) is 10.6 Å². The summed E-state index contributed by atoms with van der Waals surface area (Å²) in [5.41, 5.74) is 0.866. The number of hydrogen-bond donors (Lipinski definition) is 2. The third-order valence-electron chi connectivity index (χ3n) is 4.79. The van der Waals surface area contributed by atoms with Crippen LogP contribution < -0.4 is 15.4 Å². The predicted molar refractivity (Wildman–Crippen MR) is 116 cm³/mol. The van der Waals surface area contributed by atoms with E-state index < -0.39 is 6.04 Å². The smallest absolute Gasteiger partial charge is 0.249 e. The quantitative estimate of drug-likeness (QED) is 0.532. The van der Waals surface area contributed by atoms with Gasteiger partial charge in [0.2, 0.25) is 16.9 Å². The van der Waals surface area contributed by atoms with Crippen LogP contribution in [-0.4, -0.2) is 35.2 Å². The van der Waals surface area contributed by atoms with Gasteiger partial charge in [0.25, 0.3) is 0 Å². The summed E-state index contributed by atoms with van der Waals surface area (Å²) in [5, 5.41) is 15.0. The van der Waals surface area contributed by atoms with E-state index >= 15 is 0 Å². The lowest BCUT2D eigenvalue weighted by Crippen LogP contribution is -2.47. The summed E-state index contributed by atoms with van der Waals surface area (Å²) >= 11 is 1.28. The fourth-order valence-electron chi connectivity index (χ4n) is 2.81. The minimum absolute atomic E-state index is 0.0101. The Morgan fingerprint density at radius 2 is 2.00 bits per heavy atom. The number of amides is 2. The van der Waals surface area contributed by atoms with Crippen LogP contribution in [-0.2, 0) is 9.59 Å². The SMILES string of the molecule is CCCCCC(=O)N[C@H](C(=O)Nc1nnc(-c2cccc(OC)c2)s1)[C@@H](C)CC. The molecule has 0 bridgehead atoms. The zero-order chi connectivity index (χ0) is 21.2. The fraction of sp³-hybridized carbons (Fsp3) is 0.524. The number of ether oxygens (including phenoxy) is 1. The fourth-order valence-corrected chi connectivity index (χ4v) is 3.56. The lowest BCUT2D eigenvalue weighted by Gasteiger charge is -2.23. The van der Waals surface area contributed by atoms with Crippen LogP contribution >= 0.6 is 11.3 Å². The number of carbonyl (C=O) groups excluding carboxylic acids is 2. The molecule has 1 aromatic carbocycles. The van der Waals surface area contributed by atoms with Crippen molar-refractivity contribution in [3.63, 3.8) is 0 Å². The molecule has 29 heavy (non-hydrogen) atoms. The zero-order valence-electron chi connectivity index (χ0n) is 17.5. The molecule has 1 aromatic heterocycles. The summed E-state index contributed by atoms with van der Waals surface area (Å²) < 4.78 is 5.24. The van der Waals surface area contributed by atoms with Crippen molar-refractivity contribution in [3.05, 3.63) is 24.3 Å². The van der Waals surface area contributed by atoms with Crippen molar-refractivity contribution in [1.29, 1.82) is 0 Å². The number of nitrogens with one attached hydrogen (secondary N) is 2. The molecule has 8 heteroatoms. The summed E-state index contributed by atoms with van der Waals surface area (Å²) in [6.07, 6.45) is 4.10. The van der Waals surface area contributed by atoms with Crippen LogP contribution in [0.1, 0.15) is 52.9 Å². The van der Waals surface area contributed by atoms with Crippen molar-refractivity contribution < 1.29 is 14.3 Å². The number of unbranched alkanes of at least 4 members (excludes halogenated alkanes) is 2. The number of carbonyl (C=O) groups is 2. The second-order valence-electron chi connectivity index (χ2n) is 7.02. The van der Waals surface area contributed by atoms with Gasteiger partial charge in [-0.05, 0) is 24.5 Å². The molecule has 2 aromatic rings. The van der Waals surface area contributed by atoms with Gasteiger partial charge in [-0.3, -0.25) is 14.9 Å². The molecule has 0 fully saturated rings. The minimum Gasteiger partial charge on any atom is -0.497 e. The Balaban J connectivity index is 2.05. The molecule has 1 heterocycles. The van der Waals surface area contributed by atoms with Crippen molar-refractivity contribution in [2.75, 3.05) is 12.4 Å². The maximum absolute atomic E-state index is 12.8. The monoisotopic (exact) mass is 418 g/mol. The molecule has 0 saturated carbocycles. The molecule has 0 spiro atoms. The third-order valence-corrected chi connectivity index (χ3v) is 5.68. The van der Waals surface area contributed by atoms with Crippen molar-refractivity contribution >= 4 is 28.3 Å². The van der Waals surface area contributed by atoms with Gasteiger partial charge in [-0.15, -0.1) is 10.2 Å². The molecule has 0 aliphatic carbocycles. The molecular formula is C21H30N4O3S. The average molecular weight is 419 g/mol. The molecule has 7 nitrogen and oxygen atoms in total. The summed E-state index contributed by atoms with van der Waals surface area (Å²) in [6, 6.07) is 6.91. The Bertz CT molecular complexity index is 809. The number of methoxy groups -OCH3 is 1. The molecule has 158 valence electrons. The standard InChI is InChI=1S/C21H30N4O3S/c1-5-7-8-12-17(26)22-18(14(3)6-2)19(27)23-21-25-24-20(29-21)15-10-9-11-16(13-15)28-4/h9-11,13-14,18H,5-8,12H2,1-4H3,(H,22,26)(H,23,25,27)/t14-,18-/m0/s1. The van der Waals surface area contributed by atoms with Crippen LogP contribution in [0.5, 0.6) is 5.75 Å². The number of anilines is 1. The van der Waals surface area contributed by atoms with Crippen LogP contribution in [0.2, 0.25) is 0 Å². The van der Waals surface area contributed by atoms with Crippen molar-refractivity contribution in [2.45, 2.75) is 58.9 Å². The Kier molecular flexibility index (Phi) is 9.05. The predicted octanol–water partition coefficient (Wildman–Crippen LogP) is 4.26. The Morgan fingerprint density at radius 1 is 1.21 bits per heavy atom. The van der Waals surface area contributed by atoms with E-state index in [1.807, 2.05) is 38.1 Å². The topological polar surface area (TPSA) is 93.2 Å². The molecule has 2 rings (SSSR count). The summed E-state index contributed by atoms with van der Waals surface area (Å²) in [7, 11) is 1.61. The highest BCUT2D eigenvalue weighted by Crippen LogP contribution is 2.29. The summed E-state index contributed by atoms with van der Waals surface area (Å²) in [5.74, 6) is 0.381. The molecule has 0 aliphatic rings. The summed E-state index contributed by atoms with van der Waals surface area (Å²) in [6.45, 7) is 6.05. The summed E-state index contributed by atoms with van der Waals surface area (Å²) in [4.78, 5) is 25.0. The van der Waals surface area contributed by atoms with E-state index in [9.17, 15) is 9.59 Å². The first-order valence-corrected chi connectivity index (χ1v) is 10.9. The highest BCUT2D eigenvalue weighted by molar-refractivity contribution is 7.18. The van der Waals surface area contributed by atoms with Crippen LogP contribution in [0, 0.1) is 5.92 Å². The number of rotatable bonds is 11. The van der Waals surface area contributed by atoms with E-state index in [-0.39, 0.29) is 17.7 Å².